The van der Waals surface area contributed by atoms with Crippen LogP contribution in [0.2, 0.25) is 5.02 Å². The third-order valence-corrected chi connectivity index (χ3v) is 8.91. The van der Waals surface area contributed by atoms with E-state index < -0.39 is 29.3 Å². The summed E-state index contributed by atoms with van der Waals surface area (Å²) in [6.07, 6.45) is 4.62. The van der Waals surface area contributed by atoms with E-state index in [0.717, 1.165) is 25.7 Å². The highest BCUT2D eigenvalue weighted by molar-refractivity contribution is 6.31. The topological polar surface area (TPSA) is 175 Å². The third kappa shape index (κ3) is 11.1. The predicted octanol–water partition coefficient (Wildman–Crippen LogP) is 2.15. The number of carbonyl (C=O) groups is 6. The van der Waals surface area contributed by atoms with Crippen LogP contribution < -0.4 is 31.9 Å². The van der Waals surface area contributed by atoms with Crippen molar-refractivity contribution in [3.8, 4) is 0 Å². The number of hydrogen-bond acceptors (Lipinski definition) is 6. The summed E-state index contributed by atoms with van der Waals surface area (Å²) in [4.78, 5) is 76.5. The SMILES string of the molecule is CC(=O)NC(Cc1ccccc1Cl)C(=O)Nc1ccc(C[C@H]2NC(=O)CC3(CCCC3)CC(=O)NCCCNC(=O)CNC2=O)cc1. The maximum Gasteiger partial charge on any atom is 0.247 e. The molecular formula is C34H43ClN6O6. The first-order chi connectivity index (χ1) is 22.5. The molecule has 0 radical (unpaired) electrons. The van der Waals surface area contributed by atoms with Crippen LogP contribution in [0, 0.1) is 5.41 Å². The smallest absolute Gasteiger partial charge is 0.247 e. The zero-order valence-corrected chi connectivity index (χ0v) is 27.3. The normalized spacial score (nSPS) is 19.9. The summed E-state index contributed by atoms with van der Waals surface area (Å²) in [5, 5.41) is 17.1. The Kier molecular flexibility index (Phi) is 12.7. The number of amides is 6. The van der Waals surface area contributed by atoms with Gasteiger partial charge in [0.15, 0.2) is 0 Å². The van der Waals surface area contributed by atoms with Gasteiger partial charge in [-0.05, 0) is 54.0 Å². The minimum absolute atomic E-state index is 0.119. The summed E-state index contributed by atoms with van der Waals surface area (Å²) in [7, 11) is 0. The van der Waals surface area contributed by atoms with Gasteiger partial charge in [-0.1, -0.05) is 54.8 Å². The standard InChI is InChI=1S/C34H43ClN6O6/c1-22(42)39-28(18-24-7-2-3-8-26(24)35)33(47)40-25-11-9-23(10-12-25)17-27-32(46)38-21-31(45)37-16-6-15-36-29(43)19-34(13-4-5-14-34)20-30(44)41-27/h2-3,7-12,27-28H,4-6,13-21H2,1H3,(H,36,43)(H,37,45)(H,38,46)(H,39,42)(H,40,47)(H,41,44)/t27-,28?/m1/s1. The fourth-order valence-corrected chi connectivity index (χ4v) is 6.38. The monoisotopic (exact) mass is 666 g/mol. The Morgan fingerprint density at radius 1 is 0.872 bits per heavy atom. The molecule has 6 N–H and O–H groups in total. The molecule has 1 aliphatic heterocycles. The van der Waals surface area contributed by atoms with Crippen molar-refractivity contribution < 1.29 is 28.8 Å². The van der Waals surface area contributed by atoms with Crippen LogP contribution in [0.1, 0.15) is 63.0 Å². The lowest BCUT2D eigenvalue weighted by Gasteiger charge is -2.29. The Bertz CT molecular complexity index is 1460. The average molecular weight is 667 g/mol. The van der Waals surface area contributed by atoms with E-state index >= 15 is 0 Å². The Labute approximate surface area is 279 Å². The number of benzene rings is 2. The Hall–Kier alpha value is -4.45. The Balaban J connectivity index is 1.45. The first-order valence-electron chi connectivity index (χ1n) is 16.0. The van der Waals surface area contributed by atoms with Gasteiger partial charge in [-0.25, -0.2) is 0 Å². The molecule has 4 rings (SSSR count). The molecule has 6 amide bonds. The van der Waals surface area contributed by atoms with E-state index in [-0.39, 0.29) is 55.9 Å². The third-order valence-electron chi connectivity index (χ3n) is 8.55. The molecule has 0 aromatic heterocycles. The Morgan fingerprint density at radius 2 is 1.53 bits per heavy atom. The number of nitrogens with one attached hydrogen (secondary N) is 6. The highest BCUT2D eigenvalue weighted by Crippen LogP contribution is 2.44. The molecule has 1 saturated carbocycles. The largest absolute Gasteiger partial charge is 0.356 e. The van der Waals surface area contributed by atoms with Crippen LogP contribution in [0.5, 0.6) is 0 Å². The molecule has 1 heterocycles. The summed E-state index contributed by atoms with van der Waals surface area (Å²) in [5.41, 5.74) is 1.43. The van der Waals surface area contributed by atoms with Crippen LogP contribution in [0.15, 0.2) is 48.5 Å². The second kappa shape index (κ2) is 16.9. The molecule has 47 heavy (non-hydrogen) atoms. The number of hydrogen-bond donors (Lipinski definition) is 6. The molecule has 1 saturated heterocycles. The van der Waals surface area contributed by atoms with E-state index in [2.05, 4.69) is 31.9 Å². The molecule has 2 atom stereocenters. The molecule has 1 unspecified atom stereocenters. The number of rotatable bonds is 7. The zero-order valence-electron chi connectivity index (χ0n) is 26.6. The van der Waals surface area contributed by atoms with E-state index in [0.29, 0.717) is 41.3 Å². The maximum atomic E-state index is 13.3. The predicted molar refractivity (Wildman–Crippen MR) is 177 cm³/mol. The molecule has 2 aliphatic rings. The van der Waals surface area contributed by atoms with Gasteiger partial charge in [0.25, 0.3) is 0 Å². The van der Waals surface area contributed by atoms with E-state index in [4.69, 9.17) is 11.6 Å². The van der Waals surface area contributed by atoms with E-state index in [1.807, 2.05) is 0 Å². The number of carbonyl (C=O) groups excluding carboxylic acids is 6. The second-order valence-electron chi connectivity index (χ2n) is 12.4. The second-order valence-corrected chi connectivity index (χ2v) is 12.8. The summed E-state index contributed by atoms with van der Waals surface area (Å²) < 4.78 is 0. The van der Waals surface area contributed by atoms with Crippen molar-refractivity contribution in [2.45, 2.75) is 76.8 Å². The van der Waals surface area contributed by atoms with Crippen LogP contribution in [0.25, 0.3) is 0 Å². The first kappa shape index (κ1) is 35.4. The molecule has 252 valence electrons. The van der Waals surface area contributed by atoms with Crippen LogP contribution in [-0.2, 0) is 41.6 Å². The molecule has 1 aliphatic carbocycles. The van der Waals surface area contributed by atoms with Crippen LogP contribution in [0.3, 0.4) is 0 Å². The fourth-order valence-electron chi connectivity index (χ4n) is 6.16. The van der Waals surface area contributed by atoms with Gasteiger partial charge in [0.05, 0.1) is 6.54 Å². The van der Waals surface area contributed by atoms with E-state index in [9.17, 15) is 28.8 Å². The molecule has 1 spiro atoms. The number of halogens is 1. The summed E-state index contributed by atoms with van der Waals surface area (Å²) in [5.74, 6) is -2.12. The van der Waals surface area contributed by atoms with Crippen molar-refractivity contribution in [3.63, 3.8) is 0 Å². The summed E-state index contributed by atoms with van der Waals surface area (Å²) in [6.45, 7) is 1.85. The van der Waals surface area contributed by atoms with Gasteiger partial charge in [-0.2, -0.15) is 0 Å². The lowest BCUT2D eigenvalue weighted by molar-refractivity contribution is -0.132. The molecule has 13 heteroatoms. The van der Waals surface area contributed by atoms with E-state index in [1.165, 1.54) is 6.92 Å². The minimum Gasteiger partial charge on any atom is -0.356 e. The molecule has 12 nitrogen and oxygen atoms in total. The van der Waals surface area contributed by atoms with Crippen molar-refractivity contribution in [2.24, 2.45) is 5.41 Å². The maximum absolute atomic E-state index is 13.3. The lowest BCUT2D eigenvalue weighted by Crippen LogP contribution is -2.51. The van der Waals surface area contributed by atoms with Gasteiger partial charge < -0.3 is 31.9 Å². The highest BCUT2D eigenvalue weighted by Gasteiger charge is 2.38. The minimum atomic E-state index is -0.976. The molecule has 2 aromatic carbocycles. The number of anilines is 1. The van der Waals surface area contributed by atoms with Gasteiger partial charge in [0, 0.05) is 56.4 Å². The van der Waals surface area contributed by atoms with Crippen LogP contribution in [0.4, 0.5) is 5.69 Å². The molecular weight excluding hydrogens is 624 g/mol. The van der Waals surface area contributed by atoms with Gasteiger partial charge in [0.1, 0.15) is 12.1 Å². The summed E-state index contributed by atoms with van der Waals surface area (Å²) in [6, 6.07) is 12.0. The molecule has 0 bridgehead atoms. The van der Waals surface area contributed by atoms with Crippen molar-refractivity contribution >= 4 is 52.7 Å². The van der Waals surface area contributed by atoms with Gasteiger partial charge >= 0.3 is 0 Å². The fraction of sp³-hybridized carbons (Fsp3) is 0.471. The van der Waals surface area contributed by atoms with Gasteiger partial charge in [-0.3, -0.25) is 28.8 Å². The van der Waals surface area contributed by atoms with Crippen molar-refractivity contribution in [2.75, 3.05) is 25.0 Å². The van der Waals surface area contributed by atoms with Gasteiger partial charge in [0.2, 0.25) is 35.4 Å². The molecule has 2 fully saturated rings. The van der Waals surface area contributed by atoms with Crippen LogP contribution in [-0.4, -0.2) is 67.2 Å². The van der Waals surface area contributed by atoms with Crippen molar-refractivity contribution in [3.05, 3.63) is 64.7 Å². The van der Waals surface area contributed by atoms with E-state index in [1.54, 1.807) is 48.5 Å². The Morgan fingerprint density at radius 3 is 2.21 bits per heavy atom. The first-order valence-corrected chi connectivity index (χ1v) is 16.4. The lowest BCUT2D eigenvalue weighted by atomic mass is 9.78. The zero-order chi connectivity index (χ0) is 33.8. The highest BCUT2D eigenvalue weighted by atomic mass is 35.5. The molecule has 2 aromatic rings. The average Bonchev–Trinajstić information content (AvgIpc) is 3.47. The van der Waals surface area contributed by atoms with Crippen molar-refractivity contribution in [1.82, 2.24) is 26.6 Å². The van der Waals surface area contributed by atoms with Gasteiger partial charge in [-0.15, -0.1) is 0 Å². The van der Waals surface area contributed by atoms with Crippen molar-refractivity contribution in [1.29, 1.82) is 0 Å². The quantitative estimate of drug-likeness (QED) is 0.264. The van der Waals surface area contributed by atoms with Crippen LogP contribution >= 0.6 is 11.6 Å². The summed E-state index contributed by atoms with van der Waals surface area (Å²) >= 11 is 6.27.